The lowest BCUT2D eigenvalue weighted by atomic mass is 10.1. The van der Waals surface area contributed by atoms with Crippen molar-refractivity contribution in [2.24, 2.45) is 0 Å². The number of hydrogen-bond acceptors (Lipinski definition) is 1. The third-order valence-corrected chi connectivity index (χ3v) is 1.83. The van der Waals surface area contributed by atoms with Gasteiger partial charge in [0.1, 0.15) is 5.82 Å². The van der Waals surface area contributed by atoms with Crippen LogP contribution in [0.15, 0.2) is 30.4 Å². The molecule has 0 N–H and O–H groups in total. The van der Waals surface area contributed by atoms with Crippen LogP contribution < -0.4 is 0 Å². The van der Waals surface area contributed by atoms with Gasteiger partial charge in [0.25, 0.3) is 0 Å². The molecule has 0 atom stereocenters. The topological polar surface area (TPSA) is 17.1 Å². The summed E-state index contributed by atoms with van der Waals surface area (Å²) in [5.74, 6) is -0.658. The molecule has 0 aliphatic carbocycles. The molecule has 0 aliphatic rings. The van der Waals surface area contributed by atoms with Gasteiger partial charge in [0.05, 0.1) is 5.02 Å². The fourth-order valence-corrected chi connectivity index (χ4v) is 1.19. The molecule has 1 aromatic rings. The van der Waals surface area contributed by atoms with Gasteiger partial charge in [0.2, 0.25) is 0 Å². The number of rotatable bonds is 2. The van der Waals surface area contributed by atoms with Gasteiger partial charge in [-0.3, -0.25) is 4.79 Å². The number of carbonyl (C=O) groups is 1. The Morgan fingerprint density at radius 1 is 1.54 bits per heavy atom. The van der Waals surface area contributed by atoms with Crippen molar-refractivity contribution in [1.82, 2.24) is 0 Å². The number of ketones is 1. The maximum atomic E-state index is 12.6. The molecule has 1 aromatic carbocycles. The molecule has 0 aromatic heterocycles. The van der Waals surface area contributed by atoms with Gasteiger partial charge in [-0.1, -0.05) is 17.7 Å². The lowest BCUT2D eigenvalue weighted by Gasteiger charge is -1.98. The van der Waals surface area contributed by atoms with Crippen LogP contribution in [0.2, 0.25) is 5.02 Å². The van der Waals surface area contributed by atoms with E-state index in [0.29, 0.717) is 5.56 Å². The van der Waals surface area contributed by atoms with Crippen molar-refractivity contribution in [2.75, 3.05) is 0 Å². The molecule has 0 unspecified atom stereocenters. The van der Waals surface area contributed by atoms with Crippen LogP contribution >= 0.6 is 11.6 Å². The van der Waals surface area contributed by atoms with Gasteiger partial charge in [0, 0.05) is 5.56 Å². The smallest absolute Gasteiger partial charge is 0.187 e. The summed E-state index contributed by atoms with van der Waals surface area (Å²) in [5.41, 5.74) is 0.321. The van der Waals surface area contributed by atoms with Gasteiger partial charge in [-0.15, -0.1) is 0 Å². The fourth-order valence-electron chi connectivity index (χ4n) is 0.930. The van der Waals surface area contributed by atoms with Crippen LogP contribution in [0.25, 0.3) is 0 Å². The third-order valence-electron chi connectivity index (χ3n) is 1.51. The lowest BCUT2D eigenvalue weighted by molar-refractivity contribution is 0.104. The highest BCUT2D eigenvalue weighted by Gasteiger charge is 2.07. The van der Waals surface area contributed by atoms with E-state index >= 15 is 0 Å². The molecule has 1 rings (SSSR count). The Morgan fingerprint density at radius 2 is 2.23 bits per heavy atom. The Labute approximate surface area is 80.8 Å². The second kappa shape index (κ2) is 4.19. The molecular formula is C10H8ClFO. The second-order valence-corrected chi connectivity index (χ2v) is 2.90. The first kappa shape index (κ1) is 9.93. The summed E-state index contributed by atoms with van der Waals surface area (Å²) in [6, 6.07) is 3.71. The summed E-state index contributed by atoms with van der Waals surface area (Å²) < 4.78 is 12.6. The van der Waals surface area contributed by atoms with E-state index in [1.807, 2.05) is 0 Å². The molecule has 0 heterocycles. The Bertz CT molecular complexity index is 358. The first-order valence-electron chi connectivity index (χ1n) is 3.77. The van der Waals surface area contributed by atoms with E-state index in [4.69, 9.17) is 11.6 Å². The van der Waals surface area contributed by atoms with Crippen LogP contribution in [0.4, 0.5) is 4.39 Å². The molecule has 0 amide bonds. The molecule has 0 fully saturated rings. The molecule has 13 heavy (non-hydrogen) atoms. The molecule has 68 valence electrons. The fraction of sp³-hybridized carbons (Fsp3) is 0.100. The Hall–Kier alpha value is -1.15. The van der Waals surface area contributed by atoms with Crippen molar-refractivity contribution in [2.45, 2.75) is 6.92 Å². The molecule has 3 heteroatoms. The van der Waals surface area contributed by atoms with Crippen molar-refractivity contribution in [1.29, 1.82) is 0 Å². The Balaban J connectivity index is 3.09. The van der Waals surface area contributed by atoms with Crippen molar-refractivity contribution in [3.63, 3.8) is 0 Å². The molecule has 0 radical (unpaired) electrons. The van der Waals surface area contributed by atoms with Crippen molar-refractivity contribution < 1.29 is 9.18 Å². The maximum absolute atomic E-state index is 12.6. The van der Waals surface area contributed by atoms with Crippen LogP contribution in [0.5, 0.6) is 0 Å². The molecule has 0 saturated carbocycles. The predicted octanol–water partition coefficient (Wildman–Crippen LogP) is 3.24. The van der Waals surface area contributed by atoms with Gasteiger partial charge in [0.15, 0.2) is 5.78 Å². The van der Waals surface area contributed by atoms with E-state index < -0.39 is 5.82 Å². The van der Waals surface area contributed by atoms with Crippen LogP contribution in [-0.4, -0.2) is 5.78 Å². The summed E-state index contributed by atoms with van der Waals surface area (Å²) in [6.45, 7) is 1.73. The predicted molar refractivity (Wildman–Crippen MR) is 50.6 cm³/mol. The third kappa shape index (κ3) is 2.39. The molecule has 0 saturated heterocycles. The monoisotopic (exact) mass is 198 g/mol. The van der Waals surface area contributed by atoms with E-state index in [1.54, 1.807) is 13.0 Å². The number of halogens is 2. The van der Waals surface area contributed by atoms with E-state index in [-0.39, 0.29) is 10.8 Å². The zero-order chi connectivity index (χ0) is 9.84. The largest absolute Gasteiger partial charge is 0.289 e. The van der Waals surface area contributed by atoms with Crippen molar-refractivity contribution in [3.8, 4) is 0 Å². The minimum absolute atomic E-state index is 0.142. The van der Waals surface area contributed by atoms with Crippen molar-refractivity contribution in [3.05, 3.63) is 46.8 Å². The number of carbonyl (C=O) groups excluding carboxylic acids is 1. The Kier molecular flexibility index (Phi) is 3.20. The van der Waals surface area contributed by atoms with Gasteiger partial charge in [-0.05, 0) is 31.2 Å². The van der Waals surface area contributed by atoms with E-state index in [0.717, 1.165) is 6.07 Å². The van der Waals surface area contributed by atoms with Gasteiger partial charge in [-0.2, -0.15) is 0 Å². The minimum Gasteiger partial charge on any atom is -0.289 e. The van der Waals surface area contributed by atoms with Crippen molar-refractivity contribution >= 4 is 17.4 Å². The first-order chi connectivity index (χ1) is 6.15. The van der Waals surface area contributed by atoms with Crippen LogP contribution in [0.3, 0.4) is 0 Å². The number of allylic oxidation sites excluding steroid dienone is 2. The van der Waals surface area contributed by atoms with Gasteiger partial charge >= 0.3 is 0 Å². The second-order valence-electron chi connectivity index (χ2n) is 2.49. The van der Waals surface area contributed by atoms with Gasteiger partial charge in [-0.25, -0.2) is 4.39 Å². The SMILES string of the molecule is C/C=C/C(=O)c1ccc(F)cc1Cl. The summed E-state index contributed by atoms with van der Waals surface area (Å²) in [5, 5.41) is 0.142. The average molecular weight is 199 g/mol. The molecular weight excluding hydrogens is 191 g/mol. The lowest BCUT2D eigenvalue weighted by Crippen LogP contribution is -1.95. The highest BCUT2D eigenvalue weighted by molar-refractivity contribution is 6.34. The van der Waals surface area contributed by atoms with Gasteiger partial charge < -0.3 is 0 Å². The highest BCUT2D eigenvalue weighted by atomic mass is 35.5. The maximum Gasteiger partial charge on any atom is 0.187 e. The summed E-state index contributed by atoms with van der Waals surface area (Å²) in [4.78, 5) is 11.3. The summed E-state index contributed by atoms with van der Waals surface area (Å²) >= 11 is 5.67. The standard InChI is InChI=1S/C10H8ClFO/c1-2-3-10(13)8-5-4-7(12)6-9(8)11/h2-6H,1H3/b3-2+. The van der Waals surface area contributed by atoms with E-state index in [1.165, 1.54) is 18.2 Å². The first-order valence-corrected chi connectivity index (χ1v) is 4.15. The normalized spacial score (nSPS) is 10.7. The number of benzene rings is 1. The molecule has 0 bridgehead atoms. The highest BCUT2D eigenvalue weighted by Crippen LogP contribution is 2.17. The van der Waals surface area contributed by atoms with E-state index in [2.05, 4.69) is 0 Å². The minimum atomic E-state index is -0.443. The summed E-state index contributed by atoms with van der Waals surface area (Å²) in [7, 11) is 0. The Morgan fingerprint density at radius 3 is 2.77 bits per heavy atom. The molecule has 0 spiro atoms. The molecule has 0 aliphatic heterocycles. The summed E-state index contributed by atoms with van der Waals surface area (Å²) in [6.07, 6.45) is 3.00. The van der Waals surface area contributed by atoms with Crippen LogP contribution in [0, 0.1) is 5.82 Å². The van der Waals surface area contributed by atoms with E-state index in [9.17, 15) is 9.18 Å². The zero-order valence-corrected chi connectivity index (χ0v) is 7.81. The number of hydrogen-bond donors (Lipinski definition) is 0. The molecule has 1 nitrogen and oxygen atoms in total. The van der Waals surface area contributed by atoms with Crippen LogP contribution in [0.1, 0.15) is 17.3 Å². The zero-order valence-electron chi connectivity index (χ0n) is 7.05. The average Bonchev–Trinajstić information content (AvgIpc) is 2.04. The quantitative estimate of drug-likeness (QED) is 0.527. The van der Waals surface area contributed by atoms with Crippen LogP contribution in [-0.2, 0) is 0 Å².